The zero-order valence-corrected chi connectivity index (χ0v) is 17.8. The fraction of sp³-hybridized carbons (Fsp3) is 0.286. The van der Waals surface area contributed by atoms with Crippen LogP contribution in [0.4, 0.5) is 0 Å². The van der Waals surface area contributed by atoms with Gasteiger partial charge in [-0.1, -0.05) is 25.4 Å². The highest BCUT2D eigenvalue weighted by molar-refractivity contribution is 7.90. The van der Waals surface area contributed by atoms with Gasteiger partial charge in [-0.15, -0.1) is 0 Å². The third-order valence-electron chi connectivity index (χ3n) is 4.71. The third-order valence-corrected chi connectivity index (χ3v) is 6.81. The van der Waals surface area contributed by atoms with Crippen molar-refractivity contribution in [2.75, 3.05) is 7.11 Å². The Morgan fingerprint density at radius 2 is 1.89 bits per heavy atom. The number of hydrogen-bond donors (Lipinski definition) is 0. The Hall–Kier alpha value is -2.31. The van der Waals surface area contributed by atoms with Crippen molar-refractivity contribution in [2.24, 2.45) is 5.41 Å². The molecule has 0 bridgehead atoms. The van der Waals surface area contributed by atoms with E-state index >= 15 is 0 Å². The van der Waals surface area contributed by atoms with Crippen LogP contribution in [0.2, 0.25) is 5.02 Å². The number of nitrogens with zero attached hydrogens (tertiary/aromatic N) is 1. The highest BCUT2D eigenvalue weighted by atomic mass is 35.5. The molecule has 0 atom stereocenters. The number of methoxy groups -OCH3 is 1. The SMILES string of the molecule is COc1ccc2c(c1)c(CC(C)(C)C=O)cn2S(=O)(=O)c1ccc(Cl)c(C)c1. The molecule has 3 aromatic rings. The molecule has 0 N–H and O–H groups in total. The Labute approximate surface area is 169 Å². The van der Waals surface area contributed by atoms with E-state index in [9.17, 15) is 13.2 Å². The van der Waals surface area contributed by atoms with Crippen LogP contribution in [0.1, 0.15) is 25.0 Å². The van der Waals surface area contributed by atoms with Crippen molar-refractivity contribution in [3.8, 4) is 5.75 Å². The van der Waals surface area contributed by atoms with Crippen molar-refractivity contribution in [1.29, 1.82) is 0 Å². The first-order valence-corrected chi connectivity index (χ1v) is 10.6. The smallest absolute Gasteiger partial charge is 0.268 e. The number of carbonyl (C=O) groups excluding carboxylic acids is 1. The molecule has 1 aromatic heterocycles. The molecule has 0 amide bonds. The summed E-state index contributed by atoms with van der Waals surface area (Å²) in [5, 5.41) is 1.25. The minimum atomic E-state index is -3.84. The summed E-state index contributed by atoms with van der Waals surface area (Å²) in [6.07, 6.45) is 2.88. The van der Waals surface area contributed by atoms with Crippen molar-refractivity contribution >= 4 is 38.8 Å². The average Bonchev–Trinajstić information content (AvgIpc) is 3.01. The maximum Gasteiger partial charge on any atom is 0.268 e. The molecule has 0 fully saturated rings. The van der Waals surface area contributed by atoms with Crippen LogP contribution in [0, 0.1) is 12.3 Å². The zero-order valence-electron chi connectivity index (χ0n) is 16.2. The number of halogens is 1. The second-order valence-corrected chi connectivity index (χ2v) is 9.75. The topological polar surface area (TPSA) is 65.4 Å². The van der Waals surface area contributed by atoms with E-state index in [-0.39, 0.29) is 4.90 Å². The summed E-state index contributed by atoms with van der Waals surface area (Å²) >= 11 is 6.05. The number of aromatic nitrogens is 1. The van der Waals surface area contributed by atoms with Crippen LogP contribution in [0.25, 0.3) is 10.9 Å². The number of fused-ring (bicyclic) bond motifs is 1. The Kier molecular flexibility index (Phi) is 5.30. The van der Waals surface area contributed by atoms with Gasteiger partial charge in [0.1, 0.15) is 12.0 Å². The lowest BCUT2D eigenvalue weighted by molar-refractivity contribution is -0.114. The highest BCUT2D eigenvalue weighted by Crippen LogP contribution is 2.33. The molecule has 148 valence electrons. The van der Waals surface area contributed by atoms with Crippen molar-refractivity contribution < 1.29 is 17.9 Å². The van der Waals surface area contributed by atoms with E-state index < -0.39 is 15.4 Å². The van der Waals surface area contributed by atoms with Crippen molar-refractivity contribution in [3.63, 3.8) is 0 Å². The fourth-order valence-corrected chi connectivity index (χ4v) is 4.73. The lowest BCUT2D eigenvalue weighted by Crippen LogP contribution is -2.16. The first-order chi connectivity index (χ1) is 13.1. The number of aryl methyl sites for hydroxylation is 1. The molecule has 2 aromatic carbocycles. The molecular formula is C21H22ClNO4S. The van der Waals surface area contributed by atoms with Crippen molar-refractivity contribution in [1.82, 2.24) is 3.97 Å². The Bertz CT molecular complexity index is 1160. The van der Waals surface area contributed by atoms with Crippen LogP contribution >= 0.6 is 11.6 Å². The average molecular weight is 420 g/mol. The van der Waals surface area contributed by atoms with E-state index in [1.54, 1.807) is 50.6 Å². The molecular weight excluding hydrogens is 398 g/mol. The molecule has 0 saturated carbocycles. The second-order valence-electron chi connectivity index (χ2n) is 7.53. The number of rotatable bonds is 6. The molecule has 1 heterocycles. The van der Waals surface area contributed by atoms with Crippen LogP contribution < -0.4 is 4.74 Å². The molecule has 0 aliphatic heterocycles. The van der Waals surface area contributed by atoms with Crippen LogP contribution in [0.15, 0.2) is 47.5 Å². The van der Waals surface area contributed by atoms with Gasteiger partial charge in [-0.2, -0.15) is 0 Å². The zero-order chi connectivity index (χ0) is 20.7. The van der Waals surface area contributed by atoms with E-state index in [0.29, 0.717) is 28.3 Å². The summed E-state index contributed by atoms with van der Waals surface area (Å²) in [4.78, 5) is 11.6. The van der Waals surface area contributed by atoms with E-state index in [1.165, 1.54) is 10.0 Å². The minimum absolute atomic E-state index is 0.156. The fourth-order valence-electron chi connectivity index (χ4n) is 3.14. The number of benzene rings is 2. The van der Waals surface area contributed by atoms with Gasteiger partial charge in [-0.3, -0.25) is 0 Å². The monoisotopic (exact) mass is 419 g/mol. The standard InChI is InChI=1S/C21H22ClNO4S/c1-14-9-17(6-7-19(14)22)28(25,26)23-12-15(11-21(2,3)13-24)18-10-16(27-4)5-8-20(18)23/h5-10,12-13H,11H2,1-4H3. The third kappa shape index (κ3) is 3.66. The molecule has 0 spiro atoms. The molecule has 0 aliphatic rings. The number of carbonyl (C=O) groups is 1. The molecule has 0 unspecified atom stereocenters. The molecule has 7 heteroatoms. The Morgan fingerprint density at radius 3 is 2.50 bits per heavy atom. The van der Waals surface area contributed by atoms with Gasteiger partial charge in [0.05, 0.1) is 17.5 Å². The number of ether oxygens (including phenoxy) is 1. The summed E-state index contributed by atoms with van der Waals surface area (Å²) in [7, 11) is -2.28. The maximum absolute atomic E-state index is 13.3. The van der Waals surface area contributed by atoms with Crippen LogP contribution in [0.3, 0.4) is 0 Å². The second kappa shape index (κ2) is 7.26. The largest absolute Gasteiger partial charge is 0.497 e. The Morgan fingerprint density at radius 1 is 1.18 bits per heavy atom. The predicted molar refractivity (Wildman–Crippen MR) is 111 cm³/mol. The summed E-state index contributed by atoms with van der Waals surface area (Å²) < 4.78 is 33.2. The molecule has 0 radical (unpaired) electrons. The number of aldehydes is 1. The normalized spacial score (nSPS) is 12.3. The first kappa shape index (κ1) is 20.4. The van der Waals surface area contributed by atoms with Gasteiger partial charge < -0.3 is 9.53 Å². The molecule has 0 aliphatic carbocycles. The Balaban J connectivity index is 2.25. The first-order valence-electron chi connectivity index (χ1n) is 8.75. The molecule has 3 rings (SSSR count). The lowest BCUT2D eigenvalue weighted by Gasteiger charge is -2.15. The van der Waals surface area contributed by atoms with Gasteiger partial charge in [0.2, 0.25) is 0 Å². The van der Waals surface area contributed by atoms with Crippen LogP contribution in [-0.2, 0) is 21.2 Å². The summed E-state index contributed by atoms with van der Waals surface area (Å²) in [6.45, 7) is 5.40. The lowest BCUT2D eigenvalue weighted by atomic mass is 9.87. The van der Waals surface area contributed by atoms with Crippen LogP contribution in [0.5, 0.6) is 5.75 Å². The molecule has 28 heavy (non-hydrogen) atoms. The van der Waals surface area contributed by atoms with Crippen molar-refractivity contribution in [3.05, 3.63) is 58.7 Å². The minimum Gasteiger partial charge on any atom is -0.497 e. The quantitative estimate of drug-likeness (QED) is 0.547. The molecule has 0 saturated heterocycles. The maximum atomic E-state index is 13.3. The van der Waals surface area contributed by atoms with E-state index in [2.05, 4.69) is 0 Å². The summed E-state index contributed by atoms with van der Waals surface area (Å²) in [5.74, 6) is 0.621. The van der Waals surface area contributed by atoms with Gasteiger partial charge in [0, 0.05) is 22.0 Å². The highest BCUT2D eigenvalue weighted by Gasteiger charge is 2.25. The van der Waals surface area contributed by atoms with Crippen LogP contribution in [-0.4, -0.2) is 25.8 Å². The summed E-state index contributed by atoms with van der Waals surface area (Å²) in [6, 6.07) is 9.86. The van der Waals surface area contributed by atoms with Gasteiger partial charge in [0.25, 0.3) is 10.0 Å². The van der Waals surface area contributed by atoms with Crippen molar-refractivity contribution in [2.45, 2.75) is 32.1 Å². The van der Waals surface area contributed by atoms with Gasteiger partial charge in [-0.05, 0) is 60.9 Å². The van der Waals surface area contributed by atoms with Gasteiger partial charge in [-0.25, -0.2) is 12.4 Å². The van der Waals surface area contributed by atoms with Gasteiger partial charge >= 0.3 is 0 Å². The van der Waals surface area contributed by atoms with E-state index in [1.807, 2.05) is 13.8 Å². The summed E-state index contributed by atoms with van der Waals surface area (Å²) in [5.41, 5.74) is 1.36. The molecule has 5 nitrogen and oxygen atoms in total. The number of hydrogen-bond acceptors (Lipinski definition) is 4. The van der Waals surface area contributed by atoms with E-state index in [4.69, 9.17) is 16.3 Å². The van der Waals surface area contributed by atoms with E-state index in [0.717, 1.165) is 17.2 Å². The van der Waals surface area contributed by atoms with Gasteiger partial charge in [0.15, 0.2) is 0 Å². The predicted octanol–water partition coefficient (Wildman–Crippen LogP) is 4.62.